The van der Waals surface area contributed by atoms with Crippen LogP contribution >= 0.6 is 11.6 Å². The van der Waals surface area contributed by atoms with E-state index in [1.54, 1.807) is 4.80 Å². The van der Waals surface area contributed by atoms with Crippen molar-refractivity contribution in [2.75, 3.05) is 0 Å². The van der Waals surface area contributed by atoms with Gasteiger partial charge in [-0.05, 0) is 47.5 Å². The van der Waals surface area contributed by atoms with E-state index in [2.05, 4.69) is 34.5 Å². The standard InChI is InChI=1S/C15H13ClN4/c1-11-4-2-3-5-13(11)10-20-18-15(17-19-20)12-6-8-14(16)9-7-12/h2-9H,10H2,1H3. The Bertz CT molecular complexity index is 719. The zero-order valence-corrected chi connectivity index (χ0v) is 11.7. The molecule has 3 rings (SSSR count). The van der Waals surface area contributed by atoms with E-state index in [1.165, 1.54) is 11.1 Å². The summed E-state index contributed by atoms with van der Waals surface area (Å²) in [6.45, 7) is 2.69. The number of benzene rings is 2. The van der Waals surface area contributed by atoms with Gasteiger partial charge in [0.2, 0.25) is 5.82 Å². The molecule has 0 amide bonds. The van der Waals surface area contributed by atoms with Crippen LogP contribution in [-0.2, 0) is 6.54 Å². The fourth-order valence-corrected chi connectivity index (χ4v) is 2.09. The van der Waals surface area contributed by atoms with Crippen LogP contribution in [0.5, 0.6) is 0 Å². The fourth-order valence-electron chi connectivity index (χ4n) is 1.96. The number of aryl methyl sites for hydroxylation is 1. The zero-order chi connectivity index (χ0) is 13.9. The predicted octanol–water partition coefficient (Wildman–Crippen LogP) is 3.35. The Morgan fingerprint density at radius 2 is 1.80 bits per heavy atom. The van der Waals surface area contributed by atoms with Crippen LogP contribution in [0.1, 0.15) is 11.1 Å². The first-order valence-electron chi connectivity index (χ1n) is 6.30. The van der Waals surface area contributed by atoms with E-state index in [-0.39, 0.29) is 0 Å². The highest BCUT2D eigenvalue weighted by Gasteiger charge is 2.07. The molecule has 0 saturated heterocycles. The van der Waals surface area contributed by atoms with Crippen LogP contribution in [0, 0.1) is 6.92 Å². The van der Waals surface area contributed by atoms with E-state index in [0.29, 0.717) is 17.4 Å². The molecule has 0 saturated carbocycles. The smallest absolute Gasteiger partial charge is 0.159 e. The van der Waals surface area contributed by atoms with Gasteiger partial charge in [-0.2, -0.15) is 4.80 Å². The van der Waals surface area contributed by atoms with Gasteiger partial charge < -0.3 is 0 Å². The number of nitrogens with zero attached hydrogens (tertiary/aromatic N) is 4. The lowest BCUT2D eigenvalue weighted by Gasteiger charge is -2.03. The second-order valence-corrected chi connectivity index (χ2v) is 5.01. The summed E-state index contributed by atoms with van der Waals surface area (Å²) in [6.07, 6.45) is 0. The molecule has 5 heteroatoms. The highest BCUT2D eigenvalue weighted by Crippen LogP contribution is 2.17. The molecule has 2 aromatic carbocycles. The van der Waals surface area contributed by atoms with Crippen molar-refractivity contribution in [1.82, 2.24) is 20.2 Å². The minimum absolute atomic E-state index is 0.607. The molecule has 0 aliphatic rings. The third-order valence-electron chi connectivity index (χ3n) is 3.13. The molecule has 0 atom stereocenters. The summed E-state index contributed by atoms with van der Waals surface area (Å²) in [7, 11) is 0. The van der Waals surface area contributed by atoms with E-state index in [0.717, 1.165) is 5.56 Å². The van der Waals surface area contributed by atoms with Gasteiger partial charge >= 0.3 is 0 Å². The highest BCUT2D eigenvalue weighted by molar-refractivity contribution is 6.30. The number of rotatable bonds is 3. The maximum Gasteiger partial charge on any atom is 0.204 e. The second kappa shape index (κ2) is 5.43. The Hall–Kier alpha value is -2.20. The quantitative estimate of drug-likeness (QED) is 0.741. The van der Waals surface area contributed by atoms with E-state index in [4.69, 9.17) is 11.6 Å². The van der Waals surface area contributed by atoms with Gasteiger partial charge in [0, 0.05) is 10.6 Å². The first-order chi connectivity index (χ1) is 9.72. The molecule has 20 heavy (non-hydrogen) atoms. The third-order valence-corrected chi connectivity index (χ3v) is 3.38. The maximum absolute atomic E-state index is 5.87. The van der Waals surface area contributed by atoms with Crippen LogP contribution in [-0.4, -0.2) is 20.2 Å². The van der Waals surface area contributed by atoms with Gasteiger partial charge in [-0.25, -0.2) is 0 Å². The minimum atomic E-state index is 0.607. The molecule has 0 N–H and O–H groups in total. The summed E-state index contributed by atoms with van der Waals surface area (Å²) in [5.41, 5.74) is 3.32. The lowest BCUT2D eigenvalue weighted by atomic mass is 10.1. The zero-order valence-electron chi connectivity index (χ0n) is 11.0. The Morgan fingerprint density at radius 3 is 2.55 bits per heavy atom. The third kappa shape index (κ3) is 2.70. The number of tetrazole rings is 1. The second-order valence-electron chi connectivity index (χ2n) is 4.58. The minimum Gasteiger partial charge on any atom is -0.159 e. The first-order valence-corrected chi connectivity index (χ1v) is 6.68. The highest BCUT2D eigenvalue weighted by atomic mass is 35.5. The summed E-state index contributed by atoms with van der Waals surface area (Å²) in [5.74, 6) is 0.607. The van der Waals surface area contributed by atoms with Crippen molar-refractivity contribution in [3.63, 3.8) is 0 Å². The lowest BCUT2D eigenvalue weighted by molar-refractivity contribution is 0.571. The summed E-state index contributed by atoms with van der Waals surface area (Å²) in [5, 5.41) is 13.3. The maximum atomic E-state index is 5.87. The molecule has 4 nitrogen and oxygen atoms in total. The summed E-state index contributed by atoms with van der Waals surface area (Å²) < 4.78 is 0. The number of hydrogen-bond donors (Lipinski definition) is 0. The van der Waals surface area contributed by atoms with Gasteiger partial charge in [0.05, 0.1) is 6.54 Å². The van der Waals surface area contributed by atoms with Crippen LogP contribution in [0.15, 0.2) is 48.5 Å². The van der Waals surface area contributed by atoms with Gasteiger partial charge in [0.1, 0.15) is 0 Å². The van der Waals surface area contributed by atoms with Crippen molar-refractivity contribution in [2.45, 2.75) is 13.5 Å². The summed E-state index contributed by atoms with van der Waals surface area (Å²) >= 11 is 5.87. The Morgan fingerprint density at radius 1 is 1.05 bits per heavy atom. The van der Waals surface area contributed by atoms with E-state index < -0.39 is 0 Å². The first kappa shape index (κ1) is 12.8. The summed E-state index contributed by atoms with van der Waals surface area (Å²) in [4.78, 5) is 1.60. The van der Waals surface area contributed by atoms with Crippen LogP contribution < -0.4 is 0 Å². The molecule has 0 aliphatic heterocycles. The summed E-state index contributed by atoms with van der Waals surface area (Å²) in [6, 6.07) is 15.6. The van der Waals surface area contributed by atoms with Crippen LogP contribution in [0.25, 0.3) is 11.4 Å². The molecule has 0 fully saturated rings. The number of hydrogen-bond acceptors (Lipinski definition) is 3. The molecule has 3 aromatic rings. The van der Waals surface area contributed by atoms with Crippen molar-refractivity contribution in [1.29, 1.82) is 0 Å². The van der Waals surface area contributed by atoms with Crippen LogP contribution in [0.4, 0.5) is 0 Å². The fraction of sp³-hybridized carbons (Fsp3) is 0.133. The van der Waals surface area contributed by atoms with Crippen molar-refractivity contribution in [2.24, 2.45) is 0 Å². The largest absolute Gasteiger partial charge is 0.204 e. The molecule has 1 aromatic heterocycles. The molecule has 0 spiro atoms. The van der Waals surface area contributed by atoms with Gasteiger partial charge in [-0.15, -0.1) is 10.2 Å². The molecule has 0 radical (unpaired) electrons. The SMILES string of the molecule is Cc1ccccc1Cn1nnc(-c2ccc(Cl)cc2)n1. The van der Waals surface area contributed by atoms with Crippen molar-refractivity contribution in [3.05, 3.63) is 64.7 Å². The van der Waals surface area contributed by atoms with Crippen molar-refractivity contribution in [3.8, 4) is 11.4 Å². The normalized spacial score (nSPS) is 10.7. The monoisotopic (exact) mass is 284 g/mol. The van der Waals surface area contributed by atoms with Gasteiger partial charge in [0.25, 0.3) is 0 Å². The lowest BCUT2D eigenvalue weighted by Crippen LogP contribution is -2.05. The molecular weight excluding hydrogens is 272 g/mol. The molecule has 0 aliphatic carbocycles. The molecular formula is C15H13ClN4. The van der Waals surface area contributed by atoms with Gasteiger partial charge in [-0.1, -0.05) is 35.9 Å². The van der Waals surface area contributed by atoms with Gasteiger partial charge in [0.15, 0.2) is 0 Å². The van der Waals surface area contributed by atoms with E-state index in [1.807, 2.05) is 36.4 Å². The average Bonchev–Trinajstić information content (AvgIpc) is 2.91. The Labute approximate surface area is 122 Å². The molecule has 0 unspecified atom stereocenters. The Kier molecular flexibility index (Phi) is 3.48. The number of aromatic nitrogens is 4. The van der Waals surface area contributed by atoms with Crippen LogP contribution in [0.3, 0.4) is 0 Å². The topological polar surface area (TPSA) is 43.6 Å². The molecule has 0 bridgehead atoms. The van der Waals surface area contributed by atoms with Crippen molar-refractivity contribution >= 4 is 11.6 Å². The average molecular weight is 285 g/mol. The van der Waals surface area contributed by atoms with Crippen LogP contribution in [0.2, 0.25) is 5.02 Å². The van der Waals surface area contributed by atoms with E-state index >= 15 is 0 Å². The molecule has 100 valence electrons. The Balaban J connectivity index is 1.84. The van der Waals surface area contributed by atoms with Gasteiger partial charge in [-0.3, -0.25) is 0 Å². The predicted molar refractivity (Wildman–Crippen MR) is 78.5 cm³/mol. The number of halogens is 1. The van der Waals surface area contributed by atoms with E-state index in [9.17, 15) is 0 Å². The van der Waals surface area contributed by atoms with Crippen molar-refractivity contribution < 1.29 is 0 Å². The molecule has 1 heterocycles.